The zero-order valence-corrected chi connectivity index (χ0v) is 8.30. The number of hydrogen-bond acceptors (Lipinski definition) is 0. The number of fused-ring (bicyclic) bond motifs is 5. The van der Waals surface area contributed by atoms with Crippen molar-refractivity contribution in [1.29, 1.82) is 0 Å². The van der Waals surface area contributed by atoms with Crippen LogP contribution in [-0.2, 0) is 0 Å². The summed E-state index contributed by atoms with van der Waals surface area (Å²) in [4.78, 5) is 0. The van der Waals surface area contributed by atoms with Crippen LogP contribution in [0, 0.1) is 23.7 Å². The van der Waals surface area contributed by atoms with Gasteiger partial charge in [0.05, 0.1) is 10.8 Å². The first-order chi connectivity index (χ1) is 5.77. The molecule has 2 heteroatoms. The van der Waals surface area contributed by atoms with Gasteiger partial charge in [-0.15, -0.1) is 23.2 Å². The van der Waals surface area contributed by atoms with E-state index in [0.29, 0.717) is 5.92 Å². The molecule has 0 spiro atoms. The fourth-order valence-corrected chi connectivity index (χ4v) is 4.25. The fraction of sp³-hybridized carbons (Fsp3) is 0.800. The first-order valence-corrected chi connectivity index (χ1v) is 5.61. The Hall–Kier alpha value is 0.320. The molecule has 0 nitrogen and oxygen atoms in total. The maximum absolute atomic E-state index is 6.29. The van der Waals surface area contributed by atoms with Crippen LogP contribution in [0.2, 0.25) is 0 Å². The molecule has 3 aliphatic carbocycles. The van der Waals surface area contributed by atoms with Crippen molar-refractivity contribution < 1.29 is 0 Å². The van der Waals surface area contributed by atoms with Crippen LogP contribution in [0.25, 0.3) is 0 Å². The highest BCUT2D eigenvalue weighted by Gasteiger charge is 2.53. The maximum Gasteiger partial charge on any atom is 0.0536 e. The largest absolute Gasteiger partial charge is 0.121 e. The molecular weight excluding hydrogens is 191 g/mol. The molecule has 3 rings (SSSR count). The Morgan fingerprint density at radius 3 is 2.50 bits per heavy atom. The van der Waals surface area contributed by atoms with Crippen molar-refractivity contribution >= 4 is 23.2 Å². The van der Waals surface area contributed by atoms with Crippen LogP contribution >= 0.6 is 23.2 Å². The summed E-state index contributed by atoms with van der Waals surface area (Å²) in [5.74, 6) is 3.07. The van der Waals surface area contributed by atoms with Gasteiger partial charge in [-0.2, -0.15) is 0 Å². The highest BCUT2D eigenvalue weighted by atomic mass is 35.5. The van der Waals surface area contributed by atoms with E-state index in [1.54, 1.807) is 0 Å². The van der Waals surface area contributed by atoms with Crippen LogP contribution in [0.4, 0.5) is 0 Å². The van der Waals surface area contributed by atoms with E-state index in [0.717, 1.165) is 24.2 Å². The minimum absolute atomic E-state index is 0.229. The van der Waals surface area contributed by atoms with Gasteiger partial charge < -0.3 is 0 Å². The minimum atomic E-state index is 0.229. The molecule has 12 heavy (non-hydrogen) atoms. The molecule has 0 aromatic heterocycles. The predicted octanol–water partition coefficient (Wildman–Crippen LogP) is 3.04. The van der Waals surface area contributed by atoms with Gasteiger partial charge in [0.1, 0.15) is 0 Å². The van der Waals surface area contributed by atoms with E-state index in [1.807, 2.05) is 0 Å². The van der Waals surface area contributed by atoms with Crippen LogP contribution in [-0.4, -0.2) is 10.8 Å². The maximum atomic E-state index is 6.29. The van der Waals surface area contributed by atoms with Crippen molar-refractivity contribution in [2.24, 2.45) is 23.7 Å². The molecule has 0 aromatic rings. The van der Waals surface area contributed by atoms with E-state index < -0.39 is 0 Å². The second-order valence-corrected chi connectivity index (χ2v) is 5.45. The van der Waals surface area contributed by atoms with E-state index in [9.17, 15) is 0 Å². The summed E-state index contributed by atoms with van der Waals surface area (Å²) in [7, 11) is 0. The second-order valence-electron chi connectivity index (χ2n) is 4.39. The highest BCUT2D eigenvalue weighted by Crippen LogP contribution is 2.57. The number of rotatable bonds is 0. The first-order valence-electron chi connectivity index (χ1n) is 4.74. The lowest BCUT2D eigenvalue weighted by atomic mass is 9.86. The SMILES string of the molecule is ClC1CC2C3C=CC(C3)C2C1Cl. The molecule has 0 N–H and O–H groups in total. The van der Waals surface area contributed by atoms with E-state index >= 15 is 0 Å². The van der Waals surface area contributed by atoms with Gasteiger partial charge in [-0.1, -0.05) is 12.2 Å². The summed E-state index contributed by atoms with van der Waals surface area (Å²) < 4.78 is 0. The van der Waals surface area contributed by atoms with Crippen LogP contribution in [0.15, 0.2) is 12.2 Å². The van der Waals surface area contributed by atoms with Gasteiger partial charge in [-0.3, -0.25) is 0 Å². The molecule has 6 atom stereocenters. The fourth-order valence-electron chi connectivity index (χ4n) is 3.40. The van der Waals surface area contributed by atoms with Crippen LogP contribution in [0.5, 0.6) is 0 Å². The highest BCUT2D eigenvalue weighted by molar-refractivity contribution is 6.30. The van der Waals surface area contributed by atoms with Gasteiger partial charge in [0.25, 0.3) is 0 Å². The predicted molar refractivity (Wildman–Crippen MR) is 51.6 cm³/mol. The summed E-state index contributed by atoms with van der Waals surface area (Å²) in [5.41, 5.74) is 0. The Morgan fingerprint density at radius 2 is 1.75 bits per heavy atom. The third kappa shape index (κ3) is 0.807. The van der Waals surface area contributed by atoms with Gasteiger partial charge in [-0.25, -0.2) is 0 Å². The molecule has 6 unspecified atom stereocenters. The number of allylic oxidation sites excluding steroid dienone is 2. The summed E-state index contributed by atoms with van der Waals surface area (Å²) >= 11 is 12.5. The van der Waals surface area contributed by atoms with Crippen molar-refractivity contribution in [1.82, 2.24) is 0 Å². The molecule has 0 saturated heterocycles. The van der Waals surface area contributed by atoms with Crippen LogP contribution in [0.1, 0.15) is 12.8 Å². The summed E-state index contributed by atoms with van der Waals surface area (Å²) in [5, 5.41) is 0.462. The topological polar surface area (TPSA) is 0 Å². The van der Waals surface area contributed by atoms with Crippen molar-refractivity contribution in [3.63, 3.8) is 0 Å². The summed E-state index contributed by atoms with van der Waals surface area (Å²) in [6.45, 7) is 0. The molecule has 2 saturated carbocycles. The van der Waals surface area contributed by atoms with Crippen LogP contribution < -0.4 is 0 Å². The zero-order chi connectivity index (χ0) is 8.29. The third-order valence-electron chi connectivity index (χ3n) is 3.90. The Labute approximate surface area is 82.9 Å². The van der Waals surface area contributed by atoms with Crippen molar-refractivity contribution in [2.45, 2.75) is 23.6 Å². The standard InChI is InChI=1S/C10H12Cl2/c11-8-4-7-5-1-2-6(3-5)9(7)10(8)12/h1-2,5-10H,3-4H2. The Balaban J connectivity index is 1.94. The lowest BCUT2D eigenvalue weighted by Crippen LogP contribution is -2.21. The van der Waals surface area contributed by atoms with E-state index in [1.165, 1.54) is 6.42 Å². The molecule has 0 aromatic carbocycles. The van der Waals surface area contributed by atoms with Gasteiger partial charge in [0.15, 0.2) is 0 Å². The molecule has 0 aliphatic heterocycles. The molecule has 0 radical (unpaired) electrons. The van der Waals surface area contributed by atoms with Gasteiger partial charge in [0.2, 0.25) is 0 Å². The van der Waals surface area contributed by atoms with Crippen LogP contribution in [0.3, 0.4) is 0 Å². The van der Waals surface area contributed by atoms with Gasteiger partial charge in [-0.05, 0) is 36.5 Å². The Morgan fingerprint density at radius 1 is 1.00 bits per heavy atom. The first kappa shape index (κ1) is 7.70. The number of halogens is 2. The van der Waals surface area contributed by atoms with Gasteiger partial charge >= 0.3 is 0 Å². The molecule has 3 aliphatic rings. The van der Waals surface area contributed by atoms with E-state index in [-0.39, 0.29) is 10.8 Å². The lowest BCUT2D eigenvalue weighted by molar-refractivity contribution is 0.367. The van der Waals surface area contributed by atoms with Crippen molar-refractivity contribution in [3.8, 4) is 0 Å². The van der Waals surface area contributed by atoms with Crippen molar-refractivity contribution in [3.05, 3.63) is 12.2 Å². The Kier molecular flexibility index (Phi) is 1.55. The Bertz CT molecular complexity index is 236. The monoisotopic (exact) mass is 202 g/mol. The van der Waals surface area contributed by atoms with E-state index in [4.69, 9.17) is 23.2 Å². The summed E-state index contributed by atoms with van der Waals surface area (Å²) in [6.07, 6.45) is 7.23. The van der Waals surface area contributed by atoms with Crippen molar-refractivity contribution in [2.75, 3.05) is 0 Å². The normalized spacial score (nSPS) is 61.2. The quantitative estimate of drug-likeness (QED) is 0.419. The summed E-state index contributed by atoms with van der Waals surface area (Å²) in [6, 6.07) is 0. The molecule has 2 bridgehead atoms. The molecular formula is C10H12Cl2. The number of alkyl halides is 2. The molecule has 0 heterocycles. The number of hydrogen-bond donors (Lipinski definition) is 0. The molecule has 66 valence electrons. The lowest BCUT2D eigenvalue weighted by Gasteiger charge is -2.22. The average Bonchev–Trinajstić information content (AvgIpc) is 2.66. The molecule has 0 amide bonds. The second kappa shape index (κ2) is 2.42. The molecule has 2 fully saturated rings. The average molecular weight is 203 g/mol. The minimum Gasteiger partial charge on any atom is -0.121 e. The smallest absolute Gasteiger partial charge is 0.0536 e. The van der Waals surface area contributed by atoms with E-state index in [2.05, 4.69) is 12.2 Å². The third-order valence-corrected chi connectivity index (χ3v) is 5.07. The van der Waals surface area contributed by atoms with Gasteiger partial charge in [0, 0.05) is 0 Å². The zero-order valence-electron chi connectivity index (χ0n) is 6.79.